The molecule has 0 unspecified atom stereocenters. The number of nitrogens with zero attached hydrogens (tertiary/aromatic N) is 2. The lowest BCUT2D eigenvalue weighted by atomic mass is 10.1. The van der Waals surface area contributed by atoms with E-state index in [4.69, 9.17) is 0 Å². The Kier molecular flexibility index (Phi) is 4.07. The quantitative estimate of drug-likeness (QED) is 0.881. The number of nitrogens with one attached hydrogen (secondary N) is 2. The van der Waals surface area contributed by atoms with E-state index in [1.807, 2.05) is 26.0 Å². The fourth-order valence-corrected chi connectivity index (χ4v) is 1.75. The summed E-state index contributed by atoms with van der Waals surface area (Å²) < 4.78 is 0. The molecule has 0 atom stereocenters. The van der Waals surface area contributed by atoms with Crippen molar-refractivity contribution in [3.63, 3.8) is 0 Å². The van der Waals surface area contributed by atoms with Crippen molar-refractivity contribution in [2.24, 2.45) is 0 Å². The minimum Gasteiger partial charge on any atom is -0.385 e. The van der Waals surface area contributed by atoms with Crippen LogP contribution in [0.1, 0.15) is 22.8 Å². The van der Waals surface area contributed by atoms with Crippen molar-refractivity contribution < 1.29 is 4.79 Å². The molecule has 0 aliphatic heterocycles. The number of aryl methyl sites for hydroxylation is 1. The summed E-state index contributed by atoms with van der Waals surface area (Å²) in [6.07, 6.45) is 4.61. The van der Waals surface area contributed by atoms with Crippen LogP contribution in [0.5, 0.6) is 0 Å². The second-order valence-electron chi connectivity index (χ2n) is 4.10. The van der Waals surface area contributed by atoms with Gasteiger partial charge in [0, 0.05) is 30.2 Å². The summed E-state index contributed by atoms with van der Waals surface area (Å²) in [5.41, 5.74) is 2.68. The van der Waals surface area contributed by atoms with Gasteiger partial charge in [-0.15, -0.1) is 0 Å². The molecule has 0 radical (unpaired) electrons. The maximum atomic E-state index is 12.0. The van der Waals surface area contributed by atoms with E-state index in [0.717, 1.165) is 17.8 Å². The van der Waals surface area contributed by atoms with Crippen LogP contribution >= 0.6 is 0 Å². The average molecular weight is 256 g/mol. The molecule has 0 aliphatic rings. The predicted molar refractivity (Wildman–Crippen MR) is 75.3 cm³/mol. The maximum absolute atomic E-state index is 12.0. The van der Waals surface area contributed by atoms with E-state index in [9.17, 15) is 4.79 Å². The zero-order chi connectivity index (χ0) is 13.7. The number of carbonyl (C=O) groups is 1. The zero-order valence-electron chi connectivity index (χ0n) is 11.0. The molecule has 0 saturated carbocycles. The number of benzene rings is 1. The Morgan fingerprint density at radius 1 is 1.32 bits per heavy atom. The normalized spacial score (nSPS) is 10.0. The summed E-state index contributed by atoms with van der Waals surface area (Å²) in [4.78, 5) is 19.9. The Morgan fingerprint density at radius 2 is 2.16 bits per heavy atom. The van der Waals surface area contributed by atoms with Crippen LogP contribution in [0, 0.1) is 6.92 Å². The molecule has 1 aromatic carbocycles. The highest BCUT2D eigenvalue weighted by Gasteiger charge is 2.08. The van der Waals surface area contributed by atoms with Gasteiger partial charge >= 0.3 is 0 Å². The van der Waals surface area contributed by atoms with Gasteiger partial charge in [-0.05, 0) is 37.6 Å². The van der Waals surface area contributed by atoms with Gasteiger partial charge in [-0.3, -0.25) is 9.78 Å². The molecule has 5 heteroatoms. The van der Waals surface area contributed by atoms with Crippen LogP contribution in [0.15, 0.2) is 36.8 Å². The molecule has 1 aromatic heterocycles. The van der Waals surface area contributed by atoms with Crippen LogP contribution in [0.25, 0.3) is 0 Å². The first-order valence-electron chi connectivity index (χ1n) is 6.12. The predicted octanol–water partition coefficient (Wildman–Crippen LogP) is 2.47. The minimum absolute atomic E-state index is 0.188. The molecule has 0 aliphatic carbocycles. The van der Waals surface area contributed by atoms with E-state index in [1.54, 1.807) is 12.3 Å². The van der Waals surface area contributed by atoms with Crippen molar-refractivity contribution in [1.82, 2.24) is 9.97 Å². The van der Waals surface area contributed by atoms with Crippen LogP contribution in [0.2, 0.25) is 0 Å². The van der Waals surface area contributed by atoms with E-state index in [0.29, 0.717) is 11.4 Å². The monoisotopic (exact) mass is 256 g/mol. The van der Waals surface area contributed by atoms with Crippen LogP contribution in [0.3, 0.4) is 0 Å². The summed E-state index contributed by atoms with van der Waals surface area (Å²) in [6, 6.07) is 5.55. The van der Waals surface area contributed by atoms with Crippen molar-refractivity contribution in [3.8, 4) is 0 Å². The third-order valence-electron chi connectivity index (χ3n) is 2.66. The number of rotatable bonds is 4. The molecule has 0 saturated heterocycles. The molecule has 19 heavy (non-hydrogen) atoms. The van der Waals surface area contributed by atoms with E-state index in [-0.39, 0.29) is 5.91 Å². The largest absolute Gasteiger partial charge is 0.385 e. The minimum atomic E-state index is -0.188. The average Bonchev–Trinajstić information content (AvgIpc) is 2.42. The van der Waals surface area contributed by atoms with E-state index in [2.05, 4.69) is 20.6 Å². The van der Waals surface area contributed by atoms with Crippen molar-refractivity contribution in [2.75, 3.05) is 17.2 Å². The maximum Gasteiger partial charge on any atom is 0.256 e. The van der Waals surface area contributed by atoms with Gasteiger partial charge in [0.25, 0.3) is 5.91 Å². The Labute approximate surface area is 112 Å². The highest BCUT2D eigenvalue weighted by atomic mass is 16.1. The standard InChI is InChI=1S/C14H16N4O/c1-3-16-12-5-4-11(8-10(12)2)14(19)18-13-9-15-6-7-17-13/h4-9,16H,3H2,1-2H3,(H,17,18,19). The summed E-state index contributed by atoms with van der Waals surface area (Å²) in [5, 5.41) is 5.94. The fraction of sp³-hybridized carbons (Fsp3) is 0.214. The van der Waals surface area contributed by atoms with Crippen molar-refractivity contribution in [3.05, 3.63) is 47.9 Å². The first-order chi connectivity index (χ1) is 9.20. The van der Waals surface area contributed by atoms with Gasteiger partial charge < -0.3 is 10.6 Å². The van der Waals surface area contributed by atoms with E-state index >= 15 is 0 Å². The molecule has 0 spiro atoms. The van der Waals surface area contributed by atoms with E-state index in [1.165, 1.54) is 12.4 Å². The number of amides is 1. The molecule has 0 bridgehead atoms. The number of aromatic nitrogens is 2. The first-order valence-corrected chi connectivity index (χ1v) is 6.12. The molecular formula is C14H16N4O. The molecule has 2 aromatic rings. The molecule has 1 heterocycles. The molecular weight excluding hydrogens is 240 g/mol. The first kappa shape index (κ1) is 13.0. The third-order valence-corrected chi connectivity index (χ3v) is 2.66. The third kappa shape index (κ3) is 3.28. The van der Waals surface area contributed by atoms with Crippen molar-refractivity contribution >= 4 is 17.4 Å². The second kappa shape index (κ2) is 5.95. The molecule has 98 valence electrons. The van der Waals surface area contributed by atoms with Crippen LogP contribution in [-0.2, 0) is 0 Å². The van der Waals surface area contributed by atoms with Crippen LogP contribution < -0.4 is 10.6 Å². The number of hydrogen-bond donors (Lipinski definition) is 2. The zero-order valence-corrected chi connectivity index (χ0v) is 11.0. The summed E-state index contributed by atoms with van der Waals surface area (Å²) in [5.74, 6) is 0.257. The van der Waals surface area contributed by atoms with Crippen LogP contribution in [-0.4, -0.2) is 22.4 Å². The Hall–Kier alpha value is -2.43. The van der Waals surface area contributed by atoms with Crippen molar-refractivity contribution in [1.29, 1.82) is 0 Å². The second-order valence-corrected chi connectivity index (χ2v) is 4.10. The van der Waals surface area contributed by atoms with Gasteiger partial charge in [-0.25, -0.2) is 4.98 Å². The summed E-state index contributed by atoms with van der Waals surface area (Å²) in [7, 11) is 0. The topological polar surface area (TPSA) is 66.9 Å². The van der Waals surface area contributed by atoms with Gasteiger partial charge in [0.2, 0.25) is 0 Å². The number of anilines is 2. The van der Waals surface area contributed by atoms with Gasteiger partial charge in [-0.2, -0.15) is 0 Å². The van der Waals surface area contributed by atoms with Gasteiger partial charge in [-0.1, -0.05) is 0 Å². The highest BCUT2D eigenvalue weighted by molar-refractivity contribution is 6.04. The fourth-order valence-electron chi connectivity index (χ4n) is 1.75. The molecule has 0 fully saturated rings. The summed E-state index contributed by atoms with van der Waals surface area (Å²) >= 11 is 0. The van der Waals surface area contributed by atoms with Gasteiger partial charge in [0.05, 0.1) is 6.20 Å². The highest BCUT2D eigenvalue weighted by Crippen LogP contribution is 2.17. The lowest BCUT2D eigenvalue weighted by Crippen LogP contribution is -2.13. The SMILES string of the molecule is CCNc1ccc(C(=O)Nc2cnccn2)cc1C. The Bertz CT molecular complexity index is 569. The lowest BCUT2D eigenvalue weighted by Gasteiger charge is -2.09. The Balaban J connectivity index is 2.14. The van der Waals surface area contributed by atoms with Gasteiger partial charge in [0.15, 0.2) is 5.82 Å². The van der Waals surface area contributed by atoms with Crippen LogP contribution in [0.4, 0.5) is 11.5 Å². The smallest absolute Gasteiger partial charge is 0.256 e. The number of hydrogen-bond acceptors (Lipinski definition) is 4. The molecule has 5 nitrogen and oxygen atoms in total. The molecule has 1 amide bonds. The molecule has 2 N–H and O–H groups in total. The van der Waals surface area contributed by atoms with E-state index < -0.39 is 0 Å². The molecule has 2 rings (SSSR count). The van der Waals surface area contributed by atoms with Gasteiger partial charge in [0.1, 0.15) is 0 Å². The Morgan fingerprint density at radius 3 is 2.79 bits per heavy atom. The number of carbonyl (C=O) groups excluding carboxylic acids is 1. The van der Waals surface area contributed by atoms with Crippen molar-refractivity contribution in [2.45, 2.75) is 13.8 Å². The lowest BCUT2D eigenvalue weighted by molar-refractivity contribution is 0.102. The summed E-state index contributed by atoms with van der Waals surface area (Å²) in [6.45, 7) is 4.86.